The van der Waals surface area contributed by atoms with E-state index in [0.29, 0.717) is 29.6 Å². The highest BCUT2D eigenvalue weighted by Gasteiger charge is 2.17. The standard InChI is InChI=1S/C24H20F2N4OS/c25-19-8-6-17(7-9-19)14-22-28-24(32-29-22)30(15-18-4-2-1-3-5-18)16-23(31)27-21-12-10-20(26)11-13-21/h1-13H,14-16H2,(H,27,31). The molecule has 3 aromatic carbocycles. The van der Waals surface area contributed by atoms with Crippen molar-refractivity contribution in [1.29, 1.82) is 0 Å². The van der Waals surface area contributed by atoms with Gasteiger partial charge < -0.3 is 10.2 Å². The predicted octanol–water partition coefficient (Wildman–Crippen LogP) is 5.05. The molecule has 1 aromatic heterocycles. The number of halogens is 2. The van der Waals surface area contributed by atoms with E-state index >= 15 is 0 Å². The number of aromatic nitrogens is 2. The van der Waals surface area contributed by atoms with Crippen LogP contribution in [0.1, 0.15) is 17.0 Å². The minimum atomic E-state index is -0.365. The van der Waals surface area contributed by atoms with Gasteiger partial charge >= 0.3 is 0 Å². The summed E-state index contributed by atoms with van der Waals surface area (Å²) in [6.07, 6.45) is 0.470. The summed E-state index contributed by atoms with van der Waals surface area (Å²) in [5.41, 5.74) is 2.45. The second-order valence-electron chi connectivity index (χ2n) is 7.19. The zero-order chi connectivity index (χ0) is 22.3. The van der Waals surface area contributed by atoms with Crippen LogP contribution in [0.2, 0.25) is 0 Å². The molecule has 0 aliphatic carbocycles. The van der Waals surface area contributed by atoms with E-state index in [9.17, 15) is 13.6 Å². The number of hydrogen-bond donors (Lipinski definition) is 1. The molecular weight excluding hydrogens is 430 g/mol. The zero-order valence-corrected chi connectivity index (χ0v) is 17.9. The van der Waals surface area contributed by atoms with Gasteiger partial charge in [-0.3, -0.25) is 4.79 Å². The molecule has 0 spiro atoms. The first-order valence-electron chi connectivity index (χ1n) is 9.96. The Labute approximate surface area is 188 Å². The quantitative estimate of drug-likeness (QED) is 0.408. The van der Waals surface area contributed by atoms with Crippen LogP contribution in [0.25, 0.3) is 0 Å². The van der Waals surface area contributed by atoms with E-state index in [2.05, 4.69) is 14.7 Å². The maximum Gasteiger partial charge on any atom is 0.243 e. The maximum absolute atomic E-state index is 13.1. The molecule has 0 aliphatic rings. The Morgan fingerprint density at radius 3 is 2.22 bits per heavy atom. The molecule has 0 atom stereocenters. The molecule has 0 fully saturated rings. The lowest BCUT2D eigenvalue weighted by Crippen LogP contribution is -2.33. The van der Waals surface area contributed by atoms with Gasteiger partial charge in [0.1, 0.15) is 17.5 Å². The van der Waals surface area contributed by atoms with Crippen LogP contribution < -0.4 is 10.2 Å². The largest absolute Gasteiger partial charge is 0.333 e. The van der Waals surface area contributed by atoms with E-state index in [1.807, 2.05) is 35.2 Å². The van der Waals surface area contributed by atoms with Crippen molar-refractivity contribution >= 4 is 28.3 Å². The molecule has 0 saturated heterocycles. The van der Waals surface area contributed by atoms with Gasteiger partial charge in [-0.15, -0.1) is 0 Å². The molecule has 5 nitrogen and oxygen atoms in total. The molecule has 1 heterocycles. The van der Waals surface area contributed by atoms with Gasteiger partial charge in [0.15, 0.2) is 0 Å². The number of carbonyl (C=O) groups is 1. The van der Waals surface area contributed by atoms with Crippen LogP contribution in [0.4, 0.5) is 19.6 Å². The molecule has 4 aromatic rings. The van der Waals surface area contributed by atoms with Gasteiger partial charge in [-0.1, -0.05) is 42.5 Å². The molecule has 0 unspecified atom stereocenters. The summed E-state index contributed by atoms with van der Waals surface area (Å²) in [6.45, 7) is 0.528. The van der Waals surface area contributed by atoms with E-state index in [1.165, 1.54) is 47.9 Å². The summed E-state index contributed by atoms with van der Waals surface area (Å²) < 4.78 is 30.7. The lowest BCUT2D eigenvalue weighted by molar-refractivity contribution is -0.115. The second-order valence-corrected chi connectivity index (χ2v) is 7.92. The lowest BCUT2D eigenvalue weighted by atomic mass is 10.1. The Morgan fingerprint density at radius 2 is 1.53 bits per heavy atom. The van der Waals surface area contributed by atoms with E-state index in [1.54, 1.807) is 12.1 Å². The normalized spacial score (nSPS) is 10.7. The van der Waals surface area contributed by atoms with Crippen molar-refractivity contribution in [3.63, 3.8) is 0 Å². The van der Waals surface area contributed by atoms with Gasteiger partial charge in [0, 0.05) is 30.2 Å². The van der Waals surface area contributed by atoms with Crippen molar-refractivity contribution in [2.24, 2.45) is 0 Å². The van der Waals surface area contributed by atoms with Gasteiger partial charge in [-0.25, -0.2) is 13.8 Å². The predicted molar refractivity (Wildman–Crippen MR) is 122 cm³/mol. The summed E-state index contributed by atoms with van der Waals surface area (Å²) in [4.78, 5) is 19.1. The minimum Gasteiger partial charge on any atom is -0.333 e. The molecule has 0 aliphatic heterocycles. The molecule has 32 heavy (non-hydrogen) atoms. The van der Waals surface area contributed by atoms with E-state index in [0.717, 1.165) is 11.1 Å². The topological polar surface area (TPSA) is 58.1 Å². The molecule has 0 radical (unpaired) electrons. The maximum atomic E-state index is 13.1. The fraction of sp³-hybridized carbons (Fsp3) is 0.125. The first-order chi connectivity index (χ1) is 15.5. The summed E-state index contributed by atoms with van der Waals surface area (Å²) >= 11 is 1.21. The molecule has 1 N–H and O–H groups in total. The lowest BCUT2D eigenvalue weighted by Gasteiger charge is -2.21. The van der Waals surface area contributed by atoms with Crippen LogP contribution in [0.3, 0.4) is 0 Å². The fourth-order valence-electron chi connectivity index (χ4n) is 3.13. The molecule has 8 heteroatoms. The highest BCUT2D eigenvalue weighted by atomic mass is 32.1. The first-order valence-corrected chi connectivity index (χ1v) is 10.7. The number of amides is 1. The molecule has 162 valence electrons. The third kappa shape index (κ3) is 5.95. The molecule has 4 rings (SSSR count). The monoisotopic (exact) mass is 450 g/mol. The molecule has 1 amide bonds. The van der Waals surface area contributed by atoms with E-state index in [-0.39, 0.29) is 24.1 Å². The van der Waals surface area contributed by atoms with Crippen molar-refractivity contribution in [2.75, 3.05) is 16.8 Å². The Bertz CT molecular complexity index is 1160. The molecular formula is C24H20F2N4OS. The van der Waals surface area contributed by atoms with Crippen molar-refractivity contribution < 1.29 is 13.6 Å². The average Bonchev–Trinajstić information content (AvgIpc) is 3.26. The summed E-state index contributed by atoms with van der Waals surface area (Å²) in [5.74, 6) is -0.297. The Kier molecular flexibility index (Phi) is 6.81. The highest BCUT2D eigenvalue weighted by Crippen LogP contribution is 2.22. The number of nitrogens with zero attached hydrogens (tertiary/aromatic N) is 3. The van der Waals surface area contributed by atoms with Crippen LogP contribution in [0.15, 0.2) is 78.9 Å². The first kappa shape index (κ1) is 21.6. The number of benzene rings is 3. The van der Waals surface area contributed by atoms with Gasteiger partial charge in [0.2, 0.25) is 11.0 Å². The molecule has 0 saturated carbocycles. The van der Waals surface area contributed by atoms with Crippen molar-refractivity contribution in [2.45, 2.75) is 13.0 Å². The number of rotatable bonds is 8. The van der Waals surface area contributed by atoms with Crippen LogP contribution in [-0.2, 0) is 17.8 Å². The van der Waals surface area contributed by atoms with Crippen molar-refractivity contribution in [1.82, 2.24) is 9.36 Å². The minimum absolute atomic E-state index is 0.0530. The summed E-state index contributed by atoms with van der Waals surface area (Å²) in [6, 6.07) is 21.6. The number of anilines is 2. The third-order valence-corrected chi connectivity index (χ3v) is 5.50. The molecule has 0 bridgehead atoms. The van der Waals surface area contributed by atoms with Crippen molar-refractivity contribution in [3.05, 3.63) is 107 Å². The summed E-state index contributed by atoms with van der Waals surface area (Å²) in [5, 5.41) is 3.39. The Hall–Kier alpha value is -3.65. The van der Waals surface area contributed by atoms with Gasteiger partial charge in [-0.2, -0.15) is 4.37 Å². The fourth-order valence-corrected chi connectivity index (χ4v) is 3.82. The van der Waals surface area contributed by atoms with Crippen LogP contribution in [0.5, 0.6) is 0 Å². The van der Waals surface area contributed by atoms with Crippen molar-refractivity contribution in [3.8, 4) is 0 Å². The third-order valence-electron chi connectivity index (χ3n) is 4.68. The summed E-state index contributed by atoms with van der Waals surface area (Å²) in [7, 11) is 0. The smallest absolute Gasteiger partial charge is 0.243 e. The van der Waals surface area contributed by atoms with Crippen LogP contribution >= 0.6 is 11.5 Å². The van der Waals surface area contributed by atoms with E-state index < -0.39 is 0 Å². The van der Waals surface area contributed by atoms with Crippen LogP contribution in [-0.4, -0.2) is 21.8 Å². The number of nitrogens with one attached hydrogen (secondary N) is 1. The van der Waals surface area contributed by atoms with E-state index in [4.69, 9.17) is 0 Å². The highest BCUT2D eigenvalue weighted by molar-refractivity contribution is 7.09. The van der Waals surface area contributed by atoms with Gasteiger partial charge in [0.05, 0.1) is 6.54 Å². The Balaban J connectivity index is 1.50. The van der Waals surface area contributed by atoms with Gasteiger partial charge in [-0.05, 0) is 47.5 Å². The SMILES string of the molecule is O=C(CN(Cc1ccccc1)c1nc(Cc2ccc(F)cc2)ns1)Nc1ccc(F)cc1. The number of carbonyl (C=O) groups excluding carboxylic acids is 1. The number of hydrogen-bond acceptors (Lipinski definition) is 5. The van der Waals surface area contributed by atoms with Crippen LogP contribution in [0, 0.1) is 11.6 Å². The zero-order valence-electron chi connectivity index (χ0n) is 17.0. The van der Waals surface area contributed by atoms with Gasteiger partial charge in [0.25, 0.3) is 0 Å². The second kappa shape index (κ2) is 10.1. The average molecular weight is 451 g/mol. The Morgan fingerprint density at radius 1 is 0.875 bits per heavy atom.